The van der Waals surface area contributed by atoms with E-state index in [0.717, 1.165) is 12.1 Å². The van der Waals surface area contributed by atoms with Crippen LogP contribution in [0.4, 0.5) is 4.39 Å². The van der Waals surface area contributed by atoms with Crippen LogP contribution in [-0.4, -0.2) is 20.1 Å². The highest BCUT2D eigenvalue weighted by atomic mass is 32.1. The lowest BCUT2D eigenvalue weighted by molar-refractivity contribution is 0.181. The topological polar surface area (TPSA) is 45.7 Å². The van der Waals surface area contributed by atoms with Gasteiger partial charge in [-0.1, -0.05) is 6.07 Å². The minimum Gasteiger partial charge on any atom is -0.380 e. The average molecular weight is 321 g/mol. The Balaban J connectivity index is 1.88. The summed E-state index contributed by atoms with van der Waals surface area (Å²) in [5, 5.41) is 10.6. The second kappa shape index (κ2) is 8.51. The highest BCUT2D eigenvalue weighted by Gasteiger charge is 2.04. The number of nitrogens with one attached hydrogen (secondary N) is 2. The fourth-order valence-corrected chi connectivity index (χ4v) is 2.66. The molecular formula is C16H20FN3OS. The Hall–Kier alpha value is -1.92. The third-order valence-electron chi connectivity index (χ3n) is 3.13. The van der Waals surface area contributed by atoms with E-state index in [-0.39, 0.29) is 12.4 Å². The Kier molecular flexibility index (Phi) is 6.36. The first-order valence-electron chi connectivity index (χ1n) is 6.94. The van der Waals surface area contributed by atoms with Gasteiger partial charge in [0.05, 0.1) is 6.61 Å². The Labute approximate surface area is 134 Å². The molecule has 0 amide bonds. The standard InChI is InChI=1S/C16H20FN3OS/c1-18-16(20-9-13-5-6-22-11-13)19-8-12-3-4-15(17)14(7-12)10-21-2/h3-7,11H,8-10H2,1-2H3,(H2,18,19,20). The van der Waals surface area contributed by atoms with Gasteiger partial charge < -0.3 is 15.4 Å². The molecule has 0 aliphatic rings. The molecule has 118 valence electrons. The Morgan fingerprint density at radius 3 is 2.64 bits per heavy atom. The third kappa shape index (κ3) is 4.82. The number of hydrogen-bond donors (Lipinski definition) is 2. The van der Waals surface area contributed by atoms with Gasteiger partial charge in [0, 0.05) is 32.8 Å². The van der Waals surface area contributed by atoms with Crippen molar-refractivity contribution in [3.05, 3.63) is 57.5 Å². The van der Waals surface area contributed by atoms with E-state index in [9.17, 15) is 4.39 Å². The summed E-state index contributed by atoms with van der Waals surface area (Å²) in [6.07, 6.45) is 0. The quantitative estimate of drug-likeness (QED) is 0.635. The van der Waals surface area contributed by atoms with Gasteiger partial charge in [0.25, 0.3) is 0 Å². The van der Waals surface area contributed by atoms with Crippen LogP contribution >= 0.6 is 11.3 Å². The molecule has 0 aliphatic heterocycles. The first-order chi connectivity index (χ1) is 10.7. The molecule has 2 N–H and O–H groups in total. The fraction of sp³-hybridized carbons (Fsp3) is 0.312. The first kappa shape index (κ1) is 16.5. The van der Waals surface area contributed by atoms with Crippen LogP contribution in [0.2, 0.25) is 0 Å². The summed E-state index contributed by atoms with van der Waals surface area (Å²) in [7, 11) is 3.28. The lowest BCUT2D eigenvalue weighted by atomic mass is 10.1. The number of thiophene rings is 1. The fourth-order valence-electron chi connectivity index (χ4n) is 1.99. The van der Waals surface area contributed by atoms with E-state index < -0.39 is 0 Å². The molecule has 0 saturated carbocycles. The van der Waals surface area contributed by atoms with E-state index in [1.165, 1.54) is 11.6 Å². The summed E-state index contributed by atoms with van der Waals surface area (Å²) in [5.74, 6) is 0.467. The van der Waals surface area contributed by atoms with Crippen molar-refractivity contribution in [2.75, 3.05) is 14.2 Å². The maximum Gasteiger partial charge on any atom is 0.191 e. The molecule has 4 nitrogen and oxygen atoms in total. The zero-order valence-electron chi connectivity index (χ0n) is 12.7. The molecule has 1 aromatic heterocycles. The largest absolute Gasteiger partial charge is 0.380 e. The molecule has 0 aliphatic carbocycles. The van der Waals surface area contributed by atoms with Crippen LogP contribution in [0.1, 0.15) is 16.7 Å². The molecule has 0 saturated heterocycles. The van der Waals surface area contributed by atoms with E-state index in [1.807, 2.05) is 5.38 Å². The van der Waals surface area contributed by atoms with Gasteiger partial charge in [-0.2, -0.15) is 11.3 Å². The maximum absolute atomic E-state index is 13.6. The van der Waals surface area contributed by atoms with E-state index in [1.54, 1.807) is 37.6 Å². The summed E-state index contributed by atoms with van der Waals surface area (Å²) in [6, 6.07) is 7.10. The Morgan fingerprint density at radius 1 is 1.23 bits per heavy atom. The van der Waals surface area contributed by atoms with Crippen LogP contribution in [0.25, 0.3) is 0 Å². The SMILES string of the molecule is CN=C(NCc1ccsc1)NCc1ccc(F)c(COC)c1. The zero-order chi connectivity index (χ0) is 15.8. The lowest BCUT2D eigenvalue weighted by Crippen LogP contribution is -2.36. The second-order valence-corrected chi connectivity index (χ2v) is 5.55. The smallest absolute Gasteiger partial charge is 0.191 e. The molecule has 22 heavy (non-hydrogen) atoms. The number of ether oxygens (including phenoxy) is 1. The number of rotatable bonds is 6. The van der Waals surface area contributed by atoms with Crippen LogP contribution < -0.4 is 10.6 Å². The van der Waals surface area contributed by atoms with Gasteiger partial charge in [-0.05, 0) is 40.1 Å². The molecular weight excluding hydrogens is 301 g/mol. The molecule has 1 aromatic carbocycles. The van der Waals surface area contributed by atoms with Crippen molar-refractivity contribution in [3.8, 4) is 0 Å². The molecule has 1 heterocycles. The minimum absolute atomic E-state index is 0.245. The highest BCUT2D eigenvalue weighted by Crippen LogP contribution is 2.11. The number of benzene rings is 1. The lowest BCUT2D eigenvalue weighted by Gasteiger charge is -2.12. The van der Waals surface area contributed by atoms with E-state index in [4.69, 9.17) is 4.74 Å². The molecule has 0 unspecified atom stereocenters. The predicted molar refractivity (Wildman–Crippen MR) is 88.5 cm³/mol. The van der Waals surface area contributed by atoms with Crippen molar-refractivity contribution < 1.29 is 9.13 Å². The highest BCUT2D eigenvalue weighted by molar-refractivity contribution is 7.07. The molecule has 6 heteroatoms. The zero-order valence-corrected chi connectivity index (χ0v) is 13.5. The van der Waals surface area contributed by atoms with Crippen LogP contribution in [0.5, 0.6) is 0 Å². The number of guanidine groups is 1. The van der Waals surface area contributed by atoms with Crippen molar-refractivity contribution in [2.45, 2.75) is 19.7 Å². The second-order valence-electron chi connectivity index (χ2n) is 4.77. The molecule has 0 atom stereocenters. The van der Waals surface area contributed by atoms with Crippen LogP contribution in [0.3, 0.4) is 0 Å². The third-order valence-corrected chi connectivity index (χ3v) is 3.87. The summed E-state index contributed by atoms with van der Waals surface area (Å²) in [4.78, 5) is 4.18. The summed E-state index contributed by atoms with van der Waals surface area (Å²) < 4.78 is 18.6. The van der Waals surface area contributed by atoms with Crippen molar-refractivity contribution in [2.24, 2.45) is 4.99 Å². The van der Waals surface area contributed by atoms with Crippen LogP contribution in [0.15, 0.2) is 40.0 Å². The van der Waals surface area contributed by atoms with Gasteiger partial charge in [-0.15, -0.1) is 0 Å². The number of halogens is 1. The summed E-state index contributed by atoms with van der Waals surface area (Å²) >= 11 is 1.67. The summed E-state index contributed by atoms with van der Waals surface area (Å²) in [6.45, 7) is 1.56. The minimum atomic E-state index is -0.245. The molecule has 0 radical (unpaired) electrons. The van der Waals surface area contributed by atoms with Gasteiger partial charge in [0.1, 0.15) is 5.82 Å². The molecule has 2 rings (SSSR count). The molecule has 0 fully saturated rings. The Morgan fingerprint density at radius 2 is 2.00 bits per heavy atom. The van der Waals surface area contributed by atoms with E-state index >= 15 is 0 Å². The Bertz CT molecular complexity index is 614. The number of nitrogens with zero attached hydrogens (tertiary/aromatic N) is 1. The van der Waals surface area contributed by atoms with Gasteiger partial charge in [-0.3, -0.25) is 4.99 Å². The average Bonchev–Trinajstić information content (AvgIpc) is 3.04. The van der Waals surface area contributed by atoms with Crippen molar-refractivity contribution in [1.29, 1.82) is 0 Å². The van der Waals surface area contributed by atoms with Crippen LogP contribution in [-0.2, 0) is 24.4 Å². The predicted octanol–water partition coefficient (Wildman–Crippen LogP) is 2.90. The van der Waals surface area contributed by atoms with Gasteiger partial charge in [0.15, 0.2) is 5.96 Å². The molecule has 0 spiro atoms. The normalized spacial score (nSPS) is 11.5. The van der Waals surface area contributed by atoms with Crippen molar-refractivity contribution in [3.63, 3.8) is 0 Å². The monoisotopic (exact) mass is 321 g/mol. The summed E-state index contributed by atoms with van der Waals surface area (Å²) in [5.41, 5.74) is 2.76. The van der Waals surface area contributed by atoms with Gasteiger partial charge in [0.2, 0.25) is 0 Å². The van der Waals surface area contributed by atoms with Gasteiger partial charge >= 0.3 is 0 Å². The molecule has 2 aromatic rings. The van der Waals surface area contributed by atoms with Crippen molar-refractivity contribution >= 4 is 17.3 Å². The van der Waals surface area contributed by atoms with Gasteiger partial charge in [-0.25, -0.2) is 4.39 Å². The van der Waals surface area contributed by atoms with Crippen molar-refractivity contribution in [1.82, 2.24) is 10.6 Å². The molecule has 0 bridgehead atoms. The van der Waals surface area contributed by atoms with E-state index in [0.29, 0.717) is 18.1 Å². The number of hydrogen-bond acceptors (Lipinski definition) is 3. The first-order valence-corrected chi connectivity index (χ1v) is 7.89. The van der Waals surface area contributed by atoms with Crippen LogP contribution in [0, 0.1) is 5.82 Å². The maximum atomic E-state index is 13.6. The number of aliphatic imine (C=N–C) groups is 1. The van der Waals surface area contributed by atoms with E-state index in [2.05, 4.69) is 27.1 Å². The number of methoxy groups -OCH3 is 1.